The van der Waals surface area contributed by atoms with Crippen molar-refractivity contribution < 1.29 is 14.3 Å². The number of hydrogen-bond donors (Lipinski definition) is 2. The molecular weight excluding hydrogens is 364 g/mol. The fourth-order valence-corrected chi connectivity index (χ4v) is 4.09. The Morgan fingerprint density at radius 2 is 1.59 bits per heavy atom. The topological polar surface area (TPSA) is 59.6 Å². The maximum absolute atomic E-state index is 12.5. The molecule has 1 amide bonds. The molecule has 1 aliphatic carbocycles. The summed E-state index contributed by atoms with van der Waals surface area (Å²) >= 11 is 0. The van der Waals surface area contributed by atoms with Crippen LogP contribution in [0.25, 0.3) is 0 Å². The normalized spacial score (nSPS) is 17.2. The number of hydrogen-bond acceptors (Lipinski definition) is 4. The Kier molecular flexibility index (Phi) is 6.05. The summed E-state index contributed by atoms with van der Waals surface area (Å²) in [6.45, 7) is 5.52. The van der Waals surface area contributed by atoms with Crippen LogP contribution in [0.3, 0.4) is 0 Å². The van der Waals surface area contributed by atoms with Crippen molar-refractivity contribution >= 4 is 5.91 Å². The van der Waals surface area contributed by atoms with Gasteiger partial charge in [0, 0.05) is 6.04 Å². The van der Waals surface area contributed by atoms with Gasteiger partial charge in [-0.05, 0) is 73.9 Å². The first kappa shape index (κ1) is 19.8. The smallest absolute Gasteiger partial charge is 0.234 e. The molecule has 29 heavy (non-hydrogen) atoms. The molecule has 0 saturated carbocycles. The molecule has 2 N–H and O–H groups in total. The number of benzene rings is 2. The van der Waals surface area contributed by atoms with E-state index in [4.69, 9.17) is 9.47 Å². The van der Waals surface area contributed by atoms with Crippen LogP contribution in [0.15, 0.2) is 36.4 Å². The third-order valence-electron chi connectivity index (χ3n) is 5.89. The Morgan fingerprint density at radius 1 is 0.897 bits per heavy atom. The molecular formula is C24H30N2O3. The molecule has 0 fully saturated rings. The van der Waals surface area contributed by atoms with Gasteiger partial charge in [-0.3, -0.25) is 4.79 Å². The molecule has 2 atom stereocenters. The third kappa shape index (κ3) is 4.73. The lowest BCUT2D eigenvalue weighted by molar-refractivity contribution is -0.121. The van der Waals surface area contributed by atoms with E-state index in [-0.39, 0.29) is 24.5 Å². The Labute approximate surface area is 172 Å². The van der Waals surface area contributed by atoms with Crippen molar-refractivity contribution in [3.63, 3.8) is 0 Å². The molecule has 5 nitrogen and oxygen atoms in total. The number of aryl methyl sites for hydroxylation is 2. The molecule has 154 valence electrons. The maximum Gasteiger partial charge on any atom is 0.234 e. The molecule has 1 heterocycles. The maximum atomic E-state index is 12.5. The highest BCUT2D eigenvalue weighted by Gasteiger charge is 2.17. The molecule has 0 unspecified atom stereocenters. The quantitative estimate of drug-likeness (QED) is 0.781. The number of amides is 1. The minimum atomic E-state index is -0.000357. The lowest BCUT2D eigenvalue weighted by Gasteiger charge is -2.22. The largest absolute Gasteiger partial charge is 0.486 e. The number of carbonyl (C=O) groups is 1. The average Bonchev–Trinajstić information content (AvgIpc) is 2.76. The molecule has 5 heteroatoms. The van der Waals surface area contributed by atoms with Crippen LogP contribution in [0, 0.1) is 0 Å². The van der Waals surface area contributed by atoms with Crippen LogP contribution in [-0.2, 0) is 17.6 Å². The zero-order chi connectivity index (χ0) is 20.2. The van der Waals surface area contributed by atoms with E-state index in [1.807, 2.05) is 32.0 Å². The van der Waals surface area contributed by atoms with E-state index in [0.29, 0.717) is 13.2 Å². The van der Waals surface area contributed by atoms with Gasteiger partial charge in [0.1, 0.15) is 13.2 Å². The second kappa shape index (κ2) is 8.87. The van der Waals surface area contributed by atoms with Crippen LogP contribution in [0.4, 0.5) is 0 Å². The second-order valence-electron chi connectivity index (χ2n) is 8.03. The summed E-state index contributed by atoms with van der Waals surface area (Å²) in [6, 6.07) is 12.6. The highest BCUT2D eigenvalue weighted by atomic mass is 16.6. The summed E-state index contributed by atoms with van der Waals surface area (Å²) < 4.78 is 11.2. The Hall–Kier alpha value is -2.53. The summed E-state index contributed by atoms with van der Waals surface area (Å²) in [5, 5.41) is 6.42. The molecule has 0 spiro atoms. The van der Waals surface area contributed by atoms with E-state index in [2.05, 4.69) is 28.8 Å². The van der Waals surface area contributed by atoms with Crippen molar-refractivity contribution in [2.45, 2.75) is 51.6 Å². The Balaban J connectivity index is 1.30. The van der Waals surface area contributed by atoms with Crippen LogP contribution in [0.1, 0.15) is 61.0 Å². The molecule has 0 saturated heterocycles. The highest BCUT2D eigenvalue weighted by molar-refractivity contribution is 5.78. The zero-order valence-corrected chi connectivity index (χ0v) is 17.3. The van der Waals surface area contributed by atoms with Gasteiger partial charge in [-0.15, -0.1) is 0 Å². The summed E-state index contributed by atoms with van der Waals surface area (Å²) in [5.74, 6) is 1.55. The van der Waals surface area contributed by atoms with Crippen molar-refractivity contribution in [1.29, 1.82) is 0 Å². The molecule has 2 aliphatic rings. The van der Waals surface area contributed by atoms with Gasteiger partial charge in [-0.2, -0.15) is 0 Å². The van der Waals surface area contributed by atoms with E-state index < -0.39 is 0 Å². The lowest BCUT2D eigenvalue weighted by Crippen LogP contribution is -2.36. The number of fused-ring (bicyclic) bond motifs is 2. The fourth-order valence-electron chi connectivity index (χ4n) is 4.09. The van der Waals surface area contributed by atoms with Crippen LogP contribution in [0.2, 0.25) is 0 Å². The molecule has 2 aromatic rings. The van der Waals surface area contributed by atoms with Gasteiger partial charge in [0.2, 0.25) is 5.91 Å². The van der Waals surface area contributed by atoms with E-state index >= 15 is 0 Å². The van der Waals surface area contributed by atoms with Gasteiger partial charge in [0.25, 0.3) is 0 Å². The van der Waals surface area contributed by atoms with Crippen molar-refractivity contribution in [2.75, 3.05) is 19.8 Å². The number of nitrogens with one attached hydrogen (secondary N) is 2. The lowest BCUT2D eigenvalue weighted by atomic mass is 9.89. The minimum absolute atomic E-state index is 0.000357. The summed E-state index contributed by atoms with van der Waals surface area (Å²) in [5.41, 5.74) is 5.16. The van der Waals surface area contributed by atoms with Gasteiger partial charge in [-0.1, -0.05) is 24.3 Å². The fraction of sp³-hybridized carbons (Fsp3) is 0.458. The monoisotopic (exact) mass is 394 g/mol. The standard InChI is InChI=1S/C24H30N2O3/c1-16(20-9-10-22-23(14-20)29-12-11-28-22)25-15-24(27)26-17(2)19-8-7-18-5-3-4-6-21(18)13-19/h7-10,13-14,16-17,25H,3-6,11-12,15H2,1-2H3,(H,26,27)/t16-,17+/m1/s1. The van der Waals surface area contributed by atoms with Crippen molar-refractivity contribution in [2.24, 2.45) is 0 Å². The number of ether oxygens (including phenoxy) is 2. The van der Waals surface area contributed by atoms with Crippen LogP contribution in [-0.4, -0.2) is 25.7 Å². The average molecular weight is 395 g/mol. The van der Waals surface area contributed by atoms with Gasteiger partial charge in [0.05, 0.1) is 12.6 Å². The Bertz CT molecular complexity index is 880. The second-order valence-corrected chi connectivity index (χ2v) is 8.03. The minimum Gasteiger partial charge on any atom is -0.486 e. The predicted octanol–water partition coefficient (Wildman–Crippen LogP) is 3.86. The highest BCUT2D eigenvalue weighted by Crippen LogP contribution is 2.32. The molecule has 0 bridgehead atoms. The van der Waals surface area contributed by atoms with E-state index in [1.54, 1.807) is 0 Å². The van der Waals surface area contributed by atoms with Crippen molar-refractivity contribution in [1.82, 2.24) is 10.6 Å². The molecule has 1 aliphatic heterocycles. The Morgan fingerprint density at radius 3 is 2.41 bits per heavy atom. The SMILES string of the molecule is C[C@H](NC(=O)CN[C@H](C)c1ccc2c(c1)OCCO2)c1ccc2c(c1)CCCC2. The van der Waals surface area contributed by atoms with Gasteiger partial charge >= 0.3 is 0 Å². The first-order valence-corrected chi connectivity index (χ1v) is 10.6. The van der Waals surface area contributed by atoms with Crippen LogP contribution >= 0.6 is 0 Å². The molecule has 0 radical (unpaired) electrons. The van der Waals surface area contributed by atoms with Crippen LogP contribution < -0.4 is 20.1 Å². The predicted molar refractivity (Wildman–Crippen MR) is 113 cm³/mol. The van der Waals surface area contributed by atoms with Gasteiger partial charge in [-0.25, -0.2) is 0 Å². The zero-order valence-electron chi connectivity index (χ0n) is 17.3. The first-order chi connectivity index (χ1) is 14.1. The summed E-state index contributed by atoms with van der Waals surface area (Å²) in [6.07, 6.45) is 4.88. The third-order valence-corrected chi connectivity index (χ3v) is 5.89. The summed E-state index contributed by atoms with van der Waals surface area (Å²) in [7, 11) is 0. The molecule has 0 aromatic heterocycles. The van der Waals surface area contributed by atoms with E-state index in [0.717, 1.165) is 23.5 Å². The van der Waals surface area contributed by atoms with Crippen LogP contribution in [0.5, 0.6) is 11.5 Å². The molecule has 4 rings (SSSR count). The van der Waals surface area contributed by atoms with E-state index in [1.165, 1.54) is 36.0 Å². The summed E-state index contributed by atoms with van der Waals surface area (Å²) in [4.78, 5) is 12.5. The first-order valence-electron chi connectivity index (χ1n) is 10.6. The van der Waals surface area contributed by atoms with Gasteiger partial charge < -0.3 is 20.1 Å². The molecule has 2 aromatic carbocycles. The number of carbonyl (C=O) groups excluding carboxylic acids is 1. The number of rotatable bonds is 6. The van der Waals surface area contributed by atoms with Crippen molar-refractivity contribution in [3.05, 3.63) is 58.7 Å². The van der Waals surface area contributed by atoms with E-state index in [9.17, 15) is 4.79 Å². The van der Waals surface area contributed by atoms with Gasteiger partial charge in [0.15, 0.2) is 11.5 Å². The van der Waals surface area contributed by atoms with Crippen molar-refractivity contribution in [3.8, 4) is 11.5 Å².